The van der Waals surface area contributed by atoms with Gasteiger partial charge in [0.25, 0.3) is 5.91 Å². The number of piperidine rings is 1. The molecule has 1 amide bonds. The fraction of sp³-hybridized carbons (Fsp3) is 0.333. The van der Waals surface area contributed by atoms with Gasteiger partial charge in [-0.1, -0.05) is 6.07 Å². The van der Waals surface area contributed by atoms with Gasteiger partial charge in [-0.25, -0.2) is 0 Å². The summed E-state index contributed by atoms with van der Waals surface area (Å²) in [5.74, 6) is 0.453. The zero-order valence-electron chi connectivity index (χ0n) is 12.9. The van der Waals surface area contributed by atoms with Gasteiger partial charge in [0, 0.05) is 18.0 Å². The molecule has 4 nitrogen and oxygen atoms in total. The molecule has 2 aromatic rings. The molecule has 3 rings (SSSR count). The second-order valence-corrected chi connectivity index (χ2v) is 6.53. The lowest BCUT2D eigenvalue weighted by molar-refractivity contribution is -0.134. The number of hydrogen-bond acceptors (Lipinski definition) is 4. The molecular formula is C18H19NO3S. The highest BCUT2D eigenvalue weighted by molar-refractivity contribution is 7.13. The molecule has 1 aromatic heterocycles. The lowest BCUT2D eigenvalue weighted by Crippen LogP contribution is -2.38. The van der Waals surface area contributed by atoms with E-state index < -0.39 is 0 Å². The first-order valence-corrected chi connectivity index (χ1v) is 8.69. The highest BCUT2D eigenvalue weighted by Gasteiger charge is 2.17. The van der Waals surface area contributed by atoms with Gasteiger partial charge in [-0.2, -0.15) is 0 Å². The minimum absolute atomic E-state index is 0.0103. The number of hydrogen-bond donors (Lipinski definition) is 0. The van der Waals surface area contributed by atoms with Gasteiger partial charge in [0.15, 0.2) is 12.9 Å². The molecule has 5 heteroatoms. The van der Waals surface area contributed by atoms with Crippen LogP contribution in [0.25, 0.3) is 10.4 Å². The summed E-state index contributed by atoms with van der Waals surface area (Å²) >= 11 is 1.62. The third-order valence-electron chi connectivity index (χ3n) is 4.00. The van der Waals surface area contributed by atoms with Crippen LogP contribution in [0.4, 0.5) is 0 Å². The van der Waals surface area contributed by atoms with E-state index >= 15 is 0 Å². The van der Waals surface area contributed by atoms with Gasteiger partial charge in [-0.3, -0.25) is 9.59 Å². The van der Waals surface area contributed by atoms with E-state index in [1.54, 1.807) is 23.5 Å². The minimum atomic E-state index is -0.0147. The number of thiophene rings is 1. The molecule has 0 atom stereocenters. The van der Waals surface area contributed by atoms with Gasteiger partial charge in [-0.15, -0.1) is 11.3 Å². The van der Waals surface area contributed by atoms with E-state index in [2.05, 4.69) is 0 Å². The van der Waals surface area contributed by atoms with E-state index in [0.717, 1.165) is 42.7 Å². The first-order valence-electron chi connectivity index (χ1n) is 7.81. The highest BCUT2D eigenvalue weighted by atomic mass is 32.1. The van der Waals surface area contributed by atoms with Crippen molar-refractivity contribution in [2.45, 2.75) is 19.3 Å². The first kappa shape index (κ1) is 15.7. The molecule has 2 heterocycles. The number of aldehydes is 1. The van der Waals surface area contributed by atoms with Crippen LogP contribution in [0.15, 0.2) is 35.7 Å². The summed E-state index contributed by atoms with van der Waals surface area (Å²) in [6.07, 6.45) is 4.07. The van der Waals surface area contributed by atoms with Crippen LogP contribution in [0.3, 0.4) is 0 Å². The Bertz CT molecular complexity index is 676. The van der Waals surface area contributed by atoms with Crippen LogP contribution in [0.2, 0.25) is 0 Å². The Morgan fingerprint density at radius 3 is 2.74 bits per heavy atom. The fourth-order valence-corrected chi connectivity index (χ4v) is 3.47. The summed E-state index contributed by atoms with van der Waals surface area (Å²) < 4.78 is 5.60. The standard InChI is InChI=1S/C18H19NO3S/c20-12-15-11-14(17-5-4-10-23-17)6-7-16(15)22-13-18(21)19-8-2-1-3-9-19/h4-7,10-12H,1-3,8-9,13H2. The smallest absolute Gasteiger partial charge is 0.260 e. The van der Waals surface area contributed by atoms with Crippen molar-refractivity contribution in [3.05, 3.63) is 41.3 Å². The zero-order chi connectivity index (χ0) is 16.1. The second-order valence-electron chi connectivity index (χ2n) is 5.58. The van der Waals surface area contributed by atoms with Crippen LogP contribution in [-0.4, -0.2) is 36.8 Å². The number of likely N-dealkylation sites (tertiary alicyclic amines) is 1. The lowest BCUT2D eigenvalue weighted by atomic mass is 10.1. The largest absolute Gasteiger partial charge is 0.483 e. The molecule has 1 aliphatic heterocycles. The van der Waals surface area contributed by atoms with Gasteiger partial charge in [0.05, 0.1) is 5.56 Å². The quantitative estimate of drug-likeness (QED) is 0.787. The maximum absolute atomic E-state index is 12.1. The monoisotopic (exact) mass is 329 g/mol. The summed E-state index contributed by atoms with van der Waals surface area (Å²) in [6.45, 7) is 1.60. The van der Waals surface area contributed by atoms with Crippen molar-refractivity contribution in [1.29, 1.82) is 0 Å². The second kappa shape index (κ2) is 7.42. The van der Waals surface area contributed by atoms with Crippen LogP contribution in [0, 0.1) is 0 Å². The first-order chi connectivity index (χ1) is 11.3. The molecule has 0 aliphatic carbocycles. The third-order valence-corrected chi connectivity index (χ3v) is 4.92. The molecular weight excluding hydrogens is 310 g/mol. The van der Waals surface area contributed by atoms with Crippen molar-refractivity contribution in [3.8, 4) is 16.2 Å². The molecule has 0 saturated carbocycles. The topological polar surface area (TPSA) is 46.6 Å². The molecule has 23 heavy (non-hydrogen) atoms. The van der Waals surface area contributed by atoms with Crippen LogP contribution >= 0.6 is 11.3 Å². The average Bonchev–Trinajstić information content (AvgIpc) is 3.15. The predicted molar refractivity (Wildman–Crippen MR) is 91.1 cm³/mol. The van der Waals surface area contributed by atoms with Crippen LogP contribution in [0.5, 0.6) is 5.75 Å². The molecule has 1 aliphatic rings. The summed E-state index contributed by atoms with van der Waals surface area (Å²) in [7, 11) is 0. The van der Waals surface area contributed by atoms with Gasteiger partial charge in [-0.05, 0) is 54.5 Å². The Morgan fingerprint density at radius 1 is 1.22 bits per heavy atom. The van der Waals surface area contributed by atoms with Gasteiger partial charge in [0.2, 0.25) is 0 Å². The third kappa shape index (κ3) is 3.79. The molecule has 0 N–H and O–H groups in total. The maximum atomic E-state index is 12.1. The maximum Gasteiger partial charge on any atom is 0.260 e. The number of benzene rings is 1. The van der Waals surface area contributed by atoms with Gasteiger partial charge in [0.1, 0.15) is 5.75 Å². The summed E-state index contributed by atoms with van der Waals surface area (Å²) in [5.41, 5.74) is 1.46. The number of amides is 1. The molecule has 1 fully saturated rings. The van der Waals surface area contributed by atoms with Gasteiger partial charge < -0.3 is 9.64 Å². The van der Waals surface area contributed by atoms with E-state index in [4.69, 9.17) is 4.74 Å². The van der Waals surface area contributed by atoms with Gasteiger partial charge >= 0.3 is 0 Å². The van der Waals surface area contributed by atoms with Crippen molar-refractivity contribution < 1.29 is 14.3 Å². The van der Waals surface area contributed by atoms with Crippen LogP contribution in [-0.2, 0) is 4.79 Å². The number of ether oxygens (including phenoxy) is 1. The Kier molecular flexibility index (Phi) is 5.08. The van der Waals surface area contributed by atoms with Crippen molar-refractivity contribution in [3.63, 3.8) is 0 Å². The minimum Gasteiger partial charge on any atom is -0.483 e. The number of rotatable bonds is 5. The van der Waals surface area contributed by atoms with Crippen molar-refractivity contribution in [2.75, 3.05) is 19.7 Å². The van der Waals surface area contributed by atoms with E-state index in [9.17, 15) is 9.59 Å². The van der Waals surface area contributed by atoms with Crippen molar-refractivity contribution in [2.24, 2.45) is 0 Å². The number of carbonyl (C=O) groups excluding carboxylic acids is 2. The SMILES string of the molecule is O=Cc1cc(-c2cccs2)ccc1OCC(=O)N1CCCCC1. The molecule has 1 aromatic carbocycles. The molecule has 0 unspecified atom stereocenters. The fourth-order valence-electron chi connectivity index (χ4n) is 2.74. The Hall–Kier alpha value is -2.14. The van der Waals surface area contributed by atoms with Crippen molar-refractivity contribution in [1.82, 2.24) is 4.90 Å². The summed E-state index contributed by atoms with van der Waals surface area (Å²) in [6, 6.07) is 9.47. The van der Waals surface area contributed by atoms with E-state index in [1.807, 2.05) is 28.5 Å². The Labute approximate surface area is 139 Å². The Morgan fingerprint density at radius 2 is 2.04 bits per heavy atom. The normalized spacial score (nSPS) is 14.5. The summed E-state index contributed by atoms with van der Waals surface area (Å²) in [5, 5.41) is 2.00. The molecule has 120 valence electrons. The lowest BCUT2D eigenvalue weighted by Gasteiger charge is -2.26. The molecule has 1 saturated heterocycles. The van der Waals surface area contributed by atoms with Crippen molar-refractivity contribution >= 4 is 23.5 Å². The predicted octanol–water partition coefficient (Wildman–Crippen LogP) is 3.62. The molecule has 0 radical (unpaired) electrons. The van der Waals surface area contributed by atoms with E-state index in [1.165, 1.54) is 6.42 Å². The van der Waals surface area contributed by atoms with Crippen LogP contribution < -0.4 is 4.74 Å². The van der Waals surface area contributed by atoms with E-state index in [-0.39, 0.29) is 12.5 Å². The van der Waals surface area contributed by atoms with E-state index in [0.29, 0.717) is 11.3 Å². The number of nitrogens with zero attached hydrogens (tertiary/aromatic N) is 1. The summed E-state index contributed by atoms with van der Waals surface area (Å²) in [4.78, 5) is 26.4. The zero-order valence-corrected chi connectivity index (χ0v) is 13.7. The van der Waals surface area contributed by atoms with Crippen LogP contribution in [0.1, 0.15) is 29.6 Å². The number of carbonyl (C=O) groups is 2. The molecule has 0 bridgehead atoms. The highest BCUT2D eigenvalue weighted by Crippen LogP contribution is 2.29. The average molecular weight is 329 g/mol. The Balaban J connectivity index is 1.67. The molecule has 0 spiro atoms.